The Bertz CT molecular complexity index is 579. The monoisotopic (exact) mass is 272 g/mol. The van der Waals surface area contributed by atoms with Gasteiger partial charge in [0.25, 0.3) is 0 Å². The largest absolute Gasteiger partial charge is 0.312 e. The minimum atomic E-state index is 0.583. The van der Waals surface area contributed by atoms with Crippen LogP contribution < -0.4 is 0 Å². The SMILES string of the molecule is CC(C)Cn1c(C2CCN(C)CC2)nc2cccnc21. The summed E-state index contributed by atoms with van der Waals surface area (Å²) in [6, 6.07) is 4.06. The van der Waals surface area contributed by atoms with E-state index in [2.05, 4.69) is 41.4 Å². The molecular weight excluding hydrogens is 248 g/mol. The highest BCUT2D eigenvalue weighted by Crippen LogP contribution is 2.29. The van der Waals surface area contributed by atoms with E-state index in [-0.39, 0.29) is 0 Å². The summed E-state index contributed by atoms with van der Waals surface area (Å²) >= 11 is 0. The zero-order valence-electron chi connectivity index (χ0n) is 12.7. The summed E-state index contributed by atoms with van der Waals surface area (Å²) in [5, 5.41) is 0. The lowest BCUT2D eigenvalue weighted by Gasteiger charge is -2.29. The fourth-order valence-corrected chi connectivity index (χ4v) is 3.10. The topological polar surface area (TPSA) is 34.0 Å². The molecule has 4 nitrogen and oxygen atoms in total. The van der Waals surface area contributed by atoms with E-state index in [1.165, 1.54) is 31.8 Å². The molecule has 0 N–H and O–H groups in total. The number of rotatable bonds is 3. The molecule has 0 spiro atoms. The van der Waals surface area contributed by atoms with Crippen LogP contribution in [-0.2, 0) is 6.54 Å². The van der Waals surface area contributed by atoms with Gasteiger partial charge in [0.15, 0.2) is 5.65 Å². The van der Waals surface area contributed by atoms with Gasteiger partial charge in [-0.1, -0.05) is 13.8 Å². The highest BCUT2D eigenvalue weighted by atomic mass is 15.1. The van der Waals surface area contributed by atoms with Gasteiger partial charge in [0.05, 0.1) is 0 Å². The number of imidazole rings is 1. The Kier molecular flexibility index (Phi) is 3.74. The molecule has 1 fully saturated rings. The number of piperidine rings is 1. The van der Waals surface area contributed by atoms with Crippen molar-refractivity contribution in [2.24, 2.45) is 5.92 Å². The quantitative estimate of drug-likeness (QED) is 0.861. The van der Waals surface area contributed by atoms with E-state index >= 15 is 0 Å². The number of fused-ring (bicyclic) bond motifs is 1. The van der Waals surface area contributed by atoms with Crippen molar-refractivity contribution in [1.29, 1.82) is 0 Å². The van der Waals surface area contributed by atoms with Crippen LogP contribution in [0.4, 0.5) is 0 Å². The first-order valence-corrected chi connectivity index (χ1v) is 7.65. The lowest BCUT2D eigenvalue weighted by molar-refractivity contribution is 0.248. The molecule has 0 atom stereocenters. The number of hydrogen-bond acceptors (Lipinski definition) is 3. The second-order valence-electron chi connectivity index (χ2n) is 6.40. The van der Waals surface area contributed by atoms with Gasteiger partial charge in [-0.25, -0.2) is 9.97 Å². The molecule has 0 unspecified atom stereocenters. The van der Waals surface area contributed by atoms with Crippen LogP contribution in [0.1, 0.15) is 38.4 Å². The molecule has 2 aromatic heterocycles. The van der Waals surface area contributed by atoms with E-state index in [0.29, 0.717) is 11.8 Å². The molecule has 1 aliphatic rings. The lowest BCUT2D eigenvalue weighted by atomic mass is 9.96. The van der Waals surface area contributed by atoms with Gasteiger partial charge in [0.2, 0.25) is 0 Å². The van der Waals surface area contributed by atoms with Crippen LogP contribution in [0.5, 0.6) is 0 Å². The molecule has 0 bridgehead atoms. The second kappa shape index (κ2) is 5.52. The first kappa shape index (κ1) is 13.6. The van der Waals surface area contributed by atoms with Crippen molar-refractivity contribution in [3.8, 4) is 0 Å². The molecule has 20 heavy (non-hydrogen) atoms. The minimum absolute atomic E-state index is 0.583. The third kappa shape index (κ3) is 2.57. The van der Waals surface area contributed by atoms with Gasteiger partial charge in [-0.15, -0.1) is 0 Å². The molecule has 2 aromatic rings. The van der Waals surface area contributed by atoms with E-state index in [1.807, 2.05) is 12.3 Å². The number of likely N-dealkylation sites (tertiary alicyclic amines) is 1. The van der Waals surface area contributed by atoms with Gasteiger partial charge in [-0.2, -0.15) is 0 Å². The molecule has 0 aromatic carbocycles. The van der Waals surface area contributed by atoms with E-state index < -0.39 is 0 Å². The third-order valence-corrected chi connectivity index (χ3v) is 4.16. The molecule has 0 radical (unpaired) electrons. The summed E-state index contributed by atoms with van der Waals surface area (Å²) in [7, 11) is 2.20. The summed E-state index contributed by atoms with van der Waals surface area (Å²) in [6.07, 6.45) is 4.29. The summed E-state index contributed by atoms with van der Waals surface area (Å²) < 4.78 is 2.36. The lowest BCUT2D eigenvalue weighted by Crippen LogP contribution is -2.30. The number of nitrogens with zero attached hydrogens (tertiary/aromatic N) is 4. The Morgan fingerprint density at radius 1 is 1.30 bits per heavy atom. The van der Waals surface area contributed by atoms with Crippen LogP contribution in [0.25, 0.3) is 11.2 Å². The maximum atomic E-state index is 4.90. The summed E-state index contributed by atoms with van der Waals surface area (Å²) in [5.74, 6) is 2.44. The van der Waals surface area contributed by atoms with Crippen LogP contribution in [0, 0.1) is 5.92 Å². The van der Waals surface area contributed by atoms with Gasteiger partial charge >= 0.3 is 0 Å². The maximum absolute atomic E-state index is 4.90. The van der Waals surface area contributed by atoms with Crippen LogP contribution >= 0.6 is 0 Å². The Morgan fingerprint density at radius 2 is 2.05 bits per heavy atom. The Balaban J connectivity index is 2.00. The van der Waals surface area contributed by atoms with Crippen LogP contribution in [0.3, 0.4) is 0 Å². The summed E-state index contributed by atoms with van der Waals surface area (Å²) in [6.45, 7) is 7.86. The van der Waals surface area contributed by atoms with Gasteiger partial charge in [0, 0.05) is 18.7 Å². The number of hydrogen-bond donors (Lipinski definition) is 0. The Hall–Kier alpha value is -1.42. The highest BCUT2D eigenvalue weighted by Gasteiger charge is 2.24. The van der Waals surface area contributed by atoms with Gasteiger partial charge in [-0.05, 0) is 51.0 Å². The van der Waals surface area contributed by atoms with Crippen molar-refractivity contribution in [3.05, 3.63) is 24.2 Å². The third-order valence-electron chi connectivity index (χ3n) is 4.16. The molecule has 1 saturated heterocycles. The number of pyridine rings is 1. The van der Waals surface area contributed by atoms with Gasteiger partial charge < -0.3 is 9.47 Å². The molecule has 0 aliphatic carbocycles. The predicted octanol–water partition coefficient (Wildman–Crippen LogP) is 2.90. The van der Waals surface area contributed by atoms with E-state index in [0.717, 1.165) is 17.7 Å². The van der Waals surface area contributed by atoms with Crippen molar-refractivity contribution >= 4 is 11.2 Å². The fourth-order valence-electron chi connectivity index (χ4n) is 3.10. The van der Waals surface area contributed by atoms with Crippen molar-refractivity contribution in [2.75, 3.05) is 20.1 Å². The molecular formula is C16H24N4. The molecule has 1 aliphatic heterocycles. The Labute approximate surface area is 120 Å². The molecule has 3 rings (SSSR count). The normalized spacial score (nSPS) is 18.2. The minimum Gasteiger partial charge on any atom is -0.312 e. The number of aromatic nitrogens is 3. The summed E-state index contributed by atoms with van der Waals surface area (Å²) in [4.78, 5) is 11.9. The van der Waals surface area contributed by atoms with Crippen molar-refractivity contribution in [2.45, 2.75) is 39.2 Å². The average Bonchev–Trinajstić information content (AvgIpc) is 2.78. The fraction of sp³-hybridized carbons (Fsp3) is 0.625. The summed E-state index contributed by atoms with van der Waals surface area (Å²) in [5.41, 5.74) is 2.09. The maximum Gasteiger partial charge on any atom is 0.159 e. The zero-order valence-corrected chi connectivity index (χ0v) is 12.7. The predicted molar refractivity (Wildman–Crippen MR) is 81.8 cm³/mol. The van der Waals surface area contributed by atoms with Gasteiger partial charge in [-0.3, -0.25) is 0 Å². The van der Waals surface area contributed by atoms with Crippen molar-refractivity contribution in [3.63, 3.8) is 0 Å². The van der Waals surface area contributed by atoms with E-state index in [4.69, 9.17) is 4.98 Å². The second-order valence-corrected chi connectivity index (χ2v) is 6.40. The molecule has 108 valence electrons. The smallest absolute Gasteiger partial charge is 0.159 e. The first-order valence-electron chi connectivity index (χ1n) is 7.65. The Morgan fingerprint density at radius 3 is 2.75 bits per heavy atom. The van der Waals surface area contributed by atoms with Crippen molar-refractivity contribution < 1.29 is 0 Å². The molecule has 0 amide bonds. The van der Waals surface area contributed by atoms with Crippen LogP contribution in [-0.4, -0.2) is 39.6 Å². The highest BCUT2D eigenvalue weighted by molar-refractivity contribution is 5.71. The molecule has 0 saturated carbocycles. The zero-order chi connectivity index (χ0) is 14.1. The van der Waals surface area contributed by atoms with Crippen LogP contribution in [0.15, 0.2) is 18.3 Å². The molecule has 4 heteroatoms. The van der Waals surface area contributed by atoms with Crippen molar-refractivity contribution in [1.82, 2.24) is 19.4 Å². The average molecular weight is 272 g/mol. The first-order chi connectivity index (χ1) is 9.65. The standard InChI is InChI=1S/C16H24N4/c1-12(2)11-20-15(13-6-9-19(3)10-7-13)18-14-5-4-8-17-16(14)20/h4-5,8,12-13H,6-7,9-11H2,1-3H3. The van der Waals surface area contributed by atoms with Crippen LogP contribution in [0.2, 0.25) is 0 Å². The van der Waals surface area contributed by atoms with Gasteiger partial charge in [0.1, 0.15) is 11.3 Å². The molecule has 3 heterocycles. The van der Waals surface area contributed by atoms with E-state index in [1.54, 1.807) is 0 Å². The van der Waals surface area contributed by atoms with E-state index in [9.17, 15) is 0 Å².